The van der Waals surface area contributed by atoms with Crippen LogP contribution in [0.3, 0.4) is 0 Å². The van der Waals surface area contributed by atoms with Gasteiger partial charge in [-0.05, 0) is 12.1 Å². The van der Waals surface area contributed by atoms with E-state index in [1.165, 1.54) is 12.1 Å². The zero-order valence-corrected chi connectivity index (χ0v) is 11.9. The monoisotopic (exact) mass is 299 g/mol. The number of carbonyl (C=O) groups excluding carboxylic acids is 1. The molecule has 21 heavy (non-hydrogen) atoms. The van der Waals surface area contributed by atoms with Crippen LogP contribution in [0.5, 0.6) is 0 Å². The normalized spacial score (nSPS) is 15.2. The van der Waals surface area contributed by atoms with Crippen LogP contribution in [0.2, 0.25) is 0 Å². The van der Waals surface area contributed by atoms with Gasteiger partial charge in [-0.2, -0.15) is 0 Å². The van der Waals surface area contributed by atoms with Gasteiger partial charge in [-0.25, -0.2) is 13.6 Å². The first-order valence-corrected chi connectivity index (χ1v) is 6.83. The minimum atomic E-state index is -0.590. The van der Waals surface area contributed by atoms with E-state index in [9.17, 15) is 13.6 Å². The standard InChI is InChI=1S/C14H19F2N3O2/c1-21-9-4-17-14(20)19-7-5-18(6-8-19)13-3-2-11(15)10-12(13)16/h2-3,10H,4-9H2,1H3,(H,17,20). The number of hydrogen-bond acceptors (Lipinski definition) is 3. The molecule has 5 nitrogen and oxygen atoms in total. The maximum Gasteiger partial charge on any atom is 0.317 e. The summed E-state index contributed by atoms with van der Waals surface area (Å²) in [6, 6.07) is 3.40. The molecule has 1 aromatic rings. The Balaban J connectivity index is 1.86. The van der Waals surface area contributed by atoms with Gasteiger partial charge in [0, 0.05) is 45.9 Å². The van der Waals surface area contributed by atoms with Gasteiger partial charge in [0.2, 0.25) is 0 Å². The molecule has 0 unspecified atom stereocenters. The second-order valence-corrected chi connectivity index (χ2v) is 4.79. The van der Waals surface area contributed by atoms with Gasteiger partial charge in [0.15, 0.2) is 0 Å². The van der Waals surface area contributed by atoms with E-state index in [1.807, 2.05) is 4.90 Å². The number of hydrogen-bond donors (Lipinski definition) is 1. The molecule has 0 aliphatic carbocycles. The third-order valence-corrected chi connectivity index (χ3v) is 3.40. The molecule has 1 aromatic carbocycles. The molecule has 0 spiro atoms. The molecule has 116 valence electrons. The average Bonchev–Trinajstić information content (AvgIpc) is 2.48. The SMILES string of the molecule is COCCNC(=O)N1CCN(c2ccc(F)cc2F)CC1. The number of carbonyl (C=O) groups is 1. The Morgan fingerprint density at radius 1 is 1.29 bits per heavy atom. The number of anilines is 1. The third kappa shape index (κ3) is 4.04. The van der Waals surface area contributed by atoms with Crippen LogP contribution in [0.15, 0.2) is 18.2 Å². The minimum Gasteiger partial charge on any atom is -0.383 e. The maximum absolute atomic E-state index is 13.7. The number of ether oxygens (including phenoxy) is 1. The van der Waals surface area contributed by atoms with Crippen molar-refractivity contribution in [3.05, 3.63) is 29.8 Å². The Bertz CT molecular complexity index is 491. The molecule has 1 fully saturated rings. The molecule has 2 amide bonds. The second-order valence-electron chi connectivity index (χ2n) is 4.79. The highest BCUT2D eigenvalue weighted by molar-refractivity contribution is 5.74. The largest absolute Gasteiger partial charge is 0.383 e. The van der Waals surface area contributed by atoms with Gasteiger partial charge < -0.3 is 19.9 Å². The predicted molar refractivity (Wildman–Crippen MR) is 75.4 cm³/mol. The number of amides is 2. The van der Waals surface area contributed by atoms with Crippen molar-refractivity contribution in [3.63, 3.8) is 0 Å². The molecule has 2 rings (SSSR count). The summed E-state index contributed by atoms with van der Waals surface area (Å²) in [6.45, 7) is 2.94. The van der Waals surface area contributed by atoms with Gasteiger partial charge >= 0.3 is 6.03 Å². The summed E-state index contributed by atoms with van der Waals surface area (Å²) >= 11 is 0. The minimum absolute atomic E-state index is 0.147. The molecule has 7 heteroatoms. The Hall–Kier alpha value is -1.89. The maximum atomic E-state index is 13.7. The summed E-state index contributed by atoms with van der Waals surface area (Å²) in [5.74, 6) is -1.17. The fourth-order valence-corrected chi connectivity index (χ4v) is 2.26. The highest BCUT2D eigenvalue weighted by Crippen LogP contribution is 2.21. The van der Waals surface area contributed by atoms with Crippen molar-refractivity contribution in [1.82, 2.24) is 10.2 Å². The number of rotatable bonds is 4. The van der Waals surface area contributed by atoms with E-state index in [0.717, 1.165) is 6.07 Å². The summed E-state index contributed by atoms with van der Waals surface area (Å²) in [5, 5.41) is 2.75. The Morgan fingerprint density at radius 2 is 2.00 bits per heavy atom. The number of halogens is 2. The lowest BCUT2D eigenvalue weighted by atomic mass is 10.2. The average molecular weight is 299 g/mol. The Kier molecular flexibility index (Phi) is 5.32. The van der Waals surface area contributed by atoms with Crippen molar-refractivity contribution >= 4 is 11.7 Å². The van der Waals surface area contributed by atoms with E-state index in [-0.39, 0.29) is 6.03 Å². The van der Waals surface area contributed by atoms with Crippen LogP contribution in [-0.4, -0.2) is 57.4 Å². The molecule has 0 bridgehead atoms. The molecule has 0 radical (unpaired) electrons. The van der Waals surface area contributed by atoms with Crippen LogP contribution in [0.1, 0.15) is 0 Å². The second kappa shape index (κ2) is 7.21. The number of nitrogens with zero attached hydrogens (tertiary/aromatic N) is 2. The zero-order valence-electron chi connectivity index (χ0n) is 11.9. The van der Waals surface area contributed by atoms with Crippen molar-refractivity contribution in [2.24, 2.45) is 0 Å². The predicted octanol–water partition coefficient (Wildman–Crippen LogP) is 1.44. The van der Waals surface area contributed by atoms with Gasteiger partial charge in [-0.1, -0.05) is 0 Å². The summed E-state index contributed by atoms with van der Waals surface area (Å²) in [7, 11) is 1.57. The molecule has 1 saturated heterocycles. The van der Waals surface area contributed by atoms with Gasteiger partial charge in [-0.3, -0.25) is 0 Å². The van der Waals surface area contributed by atoms with Crippen molar-refractivity contribution in [3.8, 4) is 0 Å². The lowest BCUT2D eigenvalue weighted by molar-refractivity contribution is 0.177. The smallest absolute Gasteiger partial charge is 0.317 e. The van der Waals surface area contributed by atoms with E-state index in [4.69, 9.17) is 4.74 Å². The van der Waals surface area contributed by atoms with Crippen LogP contribution in [0, 0.1) is 11.6 Å². The van der Waals surface area contributed by atoms with Gasteiger partial charge in [0.1, 0.15) is 11.6 Å². The first-order valence-electron chi connectivity index (χ1n) is 6.83. The molecule has 0 atom stereocenters. The van der Waals surface area contributed by atoms with E-state index in [2.05, 4.69) is 5.32 Å². The third-order valence-electron chi connectivity index (χ3n) is 3.40. The first kappa shape index (κ1) is 15.5. The molecule has 1 N–H and O–H groups in total. The van der Waals surface area contributed by atoms with Crippen molar-refractivity contribution in [1.29, 1.82) is 0 Å². The molecule has 0 saturated carbocycles. The molecule has 1 aliphatic heterocycles. The van der Waals surface area contributed by atoms with Crippen LogP contribution < -0.4 is 10.2 Å². The number of piperazine rings is 1. The Morgan fingerprint density at radius 3 is 2.62 bits per heavy atom. The van der Waals surface area contributed by atoms with E-state index >= 15 is 0 Å². The van der Waals surface area contributed by atoms with Gasteiger partial charge in [0.05, 0.1) is 12.3 Å². The quantitative estimate of drug-likeness (QED) is 0.856. The van der Waals surface area contributed by atoms with Crippen molar-refractivity contribution in [2.45, 2.75) is 0 Å². The summed E-state index contributed by atoms with van der Waals surface area (Å²) < 4.78 is 31.5. The van der Waals surface area contributed by atoms with Crippen molar-refractivity contribution in [2.75, 3.05) is 51.3 Å². The number of nitrogens with one attached hydrogen (secondary N) is 1. The van der Waals surface area contributed by atoms with Crippen LogP contribution in [-0.2, 0) is 4.74 Å². The van der Waals surface area contributed by atoms with Gasteiger partial charge in [0.25, 0.3) is 0 Å². The lowest BCUT2D eigenvalue weighted by Gasteiger charge is -2.36. The van der Waals surface area contributed by atoms with Crippen LogP contribution >= 0.6 is 0 Å². The highest BCUT2D eigenvalue weighted by atomic mass is 19.1. The van der Waals surface area contributed by atoms with E-state index in [0.29, 0.717) is 45.0 Å². The molecule has 0 aromatic heterocycles. The fraction of sp³-hybridized carbons (Fsp3) is 0.500. The highest BCUT2D eigenvalue weighted by Gasteiger charge is 2.22. The van der Waals surface area contributed by atoms with E-state index in [1.54, 1.807) is 12.0 Å². The zero-order chi connectivity index (χ0) is 15.2. The van der Waals surface area contributed by atoms with Crippen LogP contribution in [0.4, 0.5) is 19.3 Å². The fourth-order valence-electron chi connectivity index (χ4n) is 2.26. The molecule has 1 aliphatic rings. The molecular weight excluding hydrogens is 280 g/mol. The van der Waals surface area contributed by atoms with Crippen molar-refractivity contribution < 1.29 is 18.3 Å². The topological polar surface area (TPSA) is 44.8 Å². The summed E-state index contributed by atoms with van der Waals surface area (Å²) in [6.07, 6.45) is 0. The summed E-state index contributed by atoms with van der Waals surface area (Å²) in [5.41, 5.74) is 0.371. The number of urea groups is 1. The molecular formula is C14H19F2N3O2. The number of methoxy groups -OCH3 is 1. The first-order chi connectivity index (χ1) is 10.1. The van der Waals surface area contributed by atoms with E-state index < -0.39 is 11.6 Å². The molecule has 1 heterocycles. The Labute approximate surface area is 122 Å². The lowest BCUT2D eigenvalue weighted by Crippen LogP contribution is -2.52. The summed E-state index contributed by atoms with van der Waals surface area (Å²) in [4.78, 5) is 15.3. The number of benzene rings is 1. The van der Waals surface area contributed by atoms with Crippen LogP contribution in [0.25, 0.3) is 0 Å². The van der Waals surface area contributed by atoms with Gasteiger partial charge in [-0.15, -0.1) is 0 Å².